The standard InChI is InChI=1S/C19H23N3O4S/c1-3-11-26-17-9-7-15(8-10-17)13-22(2)14-19(23)21-16-5-4-6-18(12-16)27(20,24)25/h3-10,12H,1,11,13-14H2,2H3,(H,21,23)(H2,20,24,25)/p+1. The molecule has 0 radical (unpaired) electrons. The summed E-state index contributed by atoms with van der Waals surface area (Å²) < 4.78 is 28.2. The summed E-state index contributed by atoms with van der Waals surface area (Å²) in [6.45, 7) is 4.95. The molecule has 4 N–H and O–H groups in total. The molecule has 8 heteroatoms. The van der Waals surface area contributed by atoms with Gasteiger partial charge in [-0.2, -0.15) is 0 Å². The number of hydrogen-bond acceptors (Lipinski definition) is 4. The average molecular weight is 390 g/mol. The van der Waals surface area contributed by atoms with Gasteiger partial charge in [-0.15, -0.1) is 0 Å². The summed E-state index contributed by atoms with van der Waals surface area (Å²) in [7, 11) is -1.90. The van der Waals surface area contributed by atoms with E-state index < -0.39 is 10.0 Å². The van der Waals surface area contributed by atoms with Crippen molar-refractivity contribution in [3.05, 3.63) is 66.7 Å². The monoisotopic (exact) mass is 390 g/mol. The van der Waals surface area contributed by atoms with Crippen molar-refractivity contribution in [1.82, 2.24) is 0 Å². The Labute approximate surface area is 159 Å². The third-order valence-corrected chi connectivity index (χ3v) is 4.62. The van der Waals surface area contributed by atoms with Crippen LogP contribution < -0.4 is 20.1 Å². The largest absolute Gasteiger partial charge is 0.490 e. The molecule has 0 aliphatic heterocycles. The van der Waals surface area contributed by atoms with E-state index in [0.717, 1.165) is 16.2 Å². The number of sulfonamides is 1. The average Bonchev–Trinajstić information content (AvgIpc) is 2.60. The van der Waals surface area contributed by atoms with Gasteiger partial charge in [0.05, 0.1) is 11.9 Å². The Kier molecular flexibility index (Phi) is 7.12. The van der Waals surface area contributed by atoms with Crippen molar-refractivity contribution in [2.45, 2.75) is 11.4 Å². The molecule has 0 aliphatic rings. The Morgan fingerprint density at radius 3 is 2.59 bits per heavy atom. The van der Waals surface area contributed by atoms with Crippen LogP contribution >= 0.6 is 0 Å². The van der Waals surface area contributed by atoms with Gasteiger partial charge >= 0.3 is 0 Å². The highest BCUT2D eigenvalue weighted by Gasteiger charge is 2.13. The normalized spacial score (nSPS) is 12.2. The number of quaternary nitrogens is 1. The summed E-state index contributed by atoms with van der Waals surface area (Å²) in [6, 6.07) is 13.5. The minimum absolute atomic E-state index is 0.0419. The molecule has 0 heterocycles. The summed E-state index contributed by atoms with van der Waals surface area (Å²) in [5.74, 6) is 0.550. The molecule has 1 atom stereocenters. The van der Waals surface area contributed by atoms with Gasteiger partial charge in [-0.1, -0.05) is 18.7 Å². The zero-order valence-electron chi connectivity index (χ0n) is 15.1. The van der Waals surface area contributed by atoms with Crippen LogP contribution in [0.2, 0.25) is 0 Å². The smallest absolute Gasteiger partial charge is 0.279 e. The minimum atomic E-state index is -3.81. The van der Waals surface area contributed by atoms with Crippen LogP contribution in [0, 0.1) is 0 Å². The maximum absolute atomic E-state index is 12.2. The second-order valence-electron chi connectivity index (χ2n) is 6.18. The number of anilines is 1. The van der Waals surface area contributed by atoms with E-state index in [4.69, 9.17) is 9.88 Å². The fourth-order valence-electron chi connectivity index (χ4n) is 2.50. The van der Waals surface area contributed by atoms with Crippen LogP contribution in [-0.2, 0) is 21.4 Å². The van der Waals surface area contributed by atoms with Crippen molar-refractivity contribution in [3.63, 3.8) is 0 Å². The number of nitrogens with one attached hydrogen (secondary N) is 2. The van der Waals surface area contributed by atoms with Gasteiger partial charge in [-0.25, -0.2) is 13.6 Å². The molecular formula is C19H24N3O4S+. The number of carbonyl (C=O) groups is 1. The number of hydrogen-bond donors (Lipinski definition) is 3. The van der Waals surface area contributed by atoms with Crippen molar-refractivity contribution in [1.29, 1.82) is 0 Å². The molecule has 0 saturated heterocycles. The summed E-state index contributed by atoms with van der Waals surface area (Å²) in [6.07, 6.45) is 1.68. The van der Waals surface area contributed by atoms with Crippen molar-refractivity contribution in [2.24, 2.45) is 5.14 Å². The number of primary sulfonamides is 1. The van der Waals surface area contributed by atoms with Gasteiger partial charge in [0.15, 0.2) is 6.54 Å². The maximum atomic E-state index is 12.2. The first-order valence-electron chi connectivity index (χ1n) is 8.34. The molecule has 0 spiro atoms. The molecule has 2 aromatic carbocycles. The molecule has 7 nitrogen and oxygen atoms in total. The van der Waals surface area contributed by atoms with Crippen LogP contribution in [0.1, 0.15) is 5.56 Å². The summed E-state index contributed by atoms with van der Waals surface area (Å²) in [5, 5.41) is 7.80. The lowest BCUT2D eigenvalue weighted by atomic mass is 10.2. The van der Waals surface area contributed by atoms with E-state index in [1.165, 1.54) is 18.2 Å². The van der Waals surface area contributed by atoms with Gasteiger partial charge in [-0.3, -0.25) is 4.79 Å². The molecule has 0 aliphatic carbocycles. The summed E-state index contributed by atoms with van der Waals surface area (Å²) >= 11 is 0. The minimum Gasteiger partial charge on any atom is -0.490 e. The fourth-order valence-corrected chi connectivity index (χ4v) is 3.06. The Balaban J connectivity index is 1.89. The van der Waals surface area contributed by atoms with Gasteiger partial charge in [0.2, 0.25) is 10.0 Å². The van der Waals surface area contributed by atoms with E-state index in [0.29, 0.717) is 18.8 Å². The molecular weight excluding hydrogens is 366 g/mol. The highest BCUT2D eigenvalue weighted by molar-refractivity contribution is 7.89. The van der Waals surface area contributed by atoms with Crippen molar-refractivity contribution >= 4 is 21.6 Å². The Bertz CT molecular complexity index is 895. The number of rotatable bonds is 9. The molecule has 1 amide bonds. The molecule has 0 bridgehead atoms. The van der Waals surface area contributed by atoms with Gasteiger partial charge in [0.1, 0.15) is 18.9 Å². The van der Waals surface area contributed by atoms with Crippen LogP contribution in [0.15, 0.2) is 66.1 Å². The Morgan fingerprint density at radius 1 is 1.26 bits per heavy atom. The Morgan fingerprint density at radius 2 is 1.96 bits per heavy atom. The van der Waals surface area contributed by atoms with Crippen molar-refractivity contribution in [2.75, 3.05) is 25.5 Å². The molecule has 2 aromatic rings. The summed E-state index contributed by atoms with van der Waals surface area (Å²) in [5.41, 5.74) is 1.46. The zero-order chi connectivity index (χ0) is 19.9. The van der Waals surface area contributed by atoms with E-state index in [1.54, 1.807) is 12.1 Å². The predicted molar refractivity (Wildman–Crippen MR) is 104 cm³/mol. The third kappa shape index (κ3) is 6.86. The van der Waals surface area contributed by atoms with E-state index in [1.807, 2.05) is 31.3 Å². The highest BCUT2D eigenvalue weighted by Crippen LogP contribution is 2.14. The first kappa shape index (κ1) is 20.6. The zero-order valence-corrected chi connectivity index (χ0v) is 16.0. The highest BCUT2D eigenvalue weighted by atomic mass is 32.2. The van der Waals surface area contributed by atoms with Crippen LogP contribution in [-0.4, -0.2) is 34.5 Å². The summed E-state index contributed by atoms with van der Waals surface area (Å²) in [4.78, 5) is 13.1. The number of ether oxygens (including phenoxy) is 1. The van der Waals surface area contributed by atoms with Gasteiger partial charge in [0, 0.05) is 11.3 Å². The number of benzene rings is 2. The van der Waals surface area contributed by atoms with Crippen LogP contribution in [0.3, 0.4) is 0 Å². The second-order valence-corrected chi connectivity index (χ2v) is 7.74. The molecule has 27 heavy (non-hydrogen) atoms. The van der Waals surface area contributed by atoms with Gasteiger partial charge in [-0.05, 0) is 42.5 Å². The molecule has 0 saturated carbocycles. The third-order valence-electron chi connectivity index (χ3n) is 3.71. The fraction of sp³-hybridized carbons (Fsp3) is 0.211. The van der Waals surface area contributed by atoms with Gasteiger partial charge in [0.25, 0.3) is 5.91 Å². The van der Waals surface area contributed by atoms with Crippen LogP contribution in [0.4, 0.5) is 5.69 Å². The molecule has 0 fully saturated rings. The number of nitrogens with two attached hydrogens (primary N) is 1. The lowest BCUT2D eigenvalue weighted by molar-refractivity contribution is -0.885. The SMILES string of the molecule is C=CCOc1ccc(C[NH+](C)CC(=O)Nc2cccc(S(N)(=O)=O)c2)cc1. The first-order valence-corrected chi connectivity index (χ1v) is 9.89. The van der Waals surface area contributed by atoms with Crippen LogP contribution in [0.25, 0.3) is 0 Å². The number of carbonyl (C=O) groups excluding carboxylic acids is 1. The van der Waals surface area contributed by atoms with Crippen molar-refractivity contribution < 1.29 is 22.8 Å². The molecule has 2 rings (SSSR count). The molecule has 144 valence electrons. The maximum Gasteiger partial charge on any atom is 0.279 e. The van der Waals surface area contributed by atoms with E-state index >= 15 is 0 Å². The second kappa shape index (κ2) is 9.31. The lowest BCUT2D eigenvalue weighted by Crippen LogP contribution is -3.08. The topological polar surface area (TPSA) is 103 Å². The van der Waals surface area contributed by atoms with Crippen molar-refractivity contribution in [3.8, 4) is 5.75 Å². The van der Waals surface area contributed by atoms with E-state index in [2.05, 4.69) is 11.9 Å². The first-order chi connectivity index (χ1) is 12.8. The molecule has 0 aromatic heterocycles. The van der Waals surface area contributed by atoms with E-state index in [-0.39, 0.29) is 17.3 Å². The predicted octanol–water partition coefficient (Wildman–Crippen LogP) is 0.552. The van der Waals surface area contributed by atoms with E-state index in [9.17, 15) is 13.2 Å². The Hall–Kier alpha value is -2.68. The number of amides is 1. The number of likely N-dealkylation sites (N-methyl/N-ethyl adjacent to an activating group) is 1. The van der Waals surface area contributed by atoms with Crippen LogP contribution in [0.5, 0.6) is 5.75 Å². The molecule has 1 unspecified atom stereocenters. The van der Waals surface area contributed by atoms with Gasteiger partial charge < -0.3 is 15.0 Å². The lowest BCUT2D eigenvalue weighted by Gasteiger charge is -2.14. The quantitative estimate of drug-likeness (QED) is 0.544.